The number of anilines is 1. The van der Waals surface area contributed by atoms with E-state index in [9.17, 15) is 4.39 Å². The molecule has 0 unspecified atom stereocenters. The highest BCUT2D eigenvalue weighted by Crippen LogP contribution is 2.21. The first kappa shape index (κ1) is 22.8. The predicted octanol–water partition coefficient (Wildman–Crippen LogP) is 3.89. The Balaban J connectivity index is 1.44. The molecule has 166 valence electrons. The molecule has 2 heterocycles. The van der Waals surface area contributed by atoms with Crippen LogP contribution in [0.1, 0.15) is 46.0 Å². The molecule has 0 aliphatic carbocycles. The Labute approximate surface area is 181 Å². The standard InChI is InChI=1S/C24H38FN5/c1-19(2)16-21-17-20(27-30(21)24(3,4)5)18-26-10-11-28-12-14-29(15-13-28)23-9-7-6-8-22(23)25/h6-9,17,19,26H,10-16,18H2,1-5H3. The van der Waals surface area contributed by atoms with Crippen LogP contribution in [-0.2, 0) is 18.5 Å². The van der Waals surface area contributed by atoms with Crippen molar-refractivity contribution in [3.63, 3.8) is 0 Å². The largest absolute Gasteiger partial charge is 0.367 e. The quantitative estimate of drug-likeness (QED) is 0.664. The number of benzene rings is 1. The van der Waals surface area contributed by atoms with Gasteiger partial charge in [-0.05, 0) is 51.3 Å². The highest BCUT2D eigenvalue weighted by atomic mass is 19.1. The highest BCUT2D eigenvalue weighted by Gasteiger charge is 2.21. The fraction of sp³-hybridized carbons (Fsp3) is 0.625. The molecule has 1 aliphatic rings. The average molecular weight is 416 g/mol. The van der Waals surface area contributed by atoms with Gasteiger partial charge in [0.1, 0.15) is 5.82 Å². The molecule has 1 aromatic carbocycles. The summed E-state index contributed by atoms with van der Waals surface area (Å²) in [6, 6.07) is 9.32. The van der Waals surface area contributed by atoms with Gasteiger partial charge in [0.15, 0.2) is 0 Å². The molecule has 1 N–H and O–H groups in total. The number of rotatable bonds is 8. The fourth-order valence-electron chi connectivity index (χ4n) is 4.08. The third kappa shape index (κ3) is 6.05. The molecule has 2 aromatic rings. The van der Waals surface area contributed by atoms with Crippen LogP contribution in [0.25, 0.3) is 0 Å². The number of para-hydroxylation sites is 1. The number of nitrogens with one attached hydrogen (secondary N) is 1. The molecule has 0 atom stereocenters. The van der Waals surface area contributed by atoms with Gasteiger partial charge in [0.2, 0.25) is 0 Å². The van der Waals surface area contributed by atoms with Gasteiger partial charge >= 0.3 is 0 Å². The lowest BCUT2D eigenvalue weighted by Crippen LogP contribution is -2.48. The average Bonchev–Trinajstić information content (AvgIpc) is 3.09. The van der Waals surface area contributed by atoms with Crippen LogP contribution in [0.2, 0.25) is 0 Å². The van der Waals surface area contributed by atoms with Crippen molar-refractivity contribution in [1.29, 1.82) is 0 Å². The van der Waals surface area contributed by atoms with Crippen LogP contribution in [0.5, 0.6) is 0 Å². The maximum absolute atomic E-state index is 14.0. The predicted molar refractivity (Wildman–Crippen MR) is 123 cm³/mol. The van der Waals surface area contributed by atoms with Gasteiger partial charge < -0.3 is 10.2 Å². The summed E-state index contributed by atoms with van der Waals surface area (Å²) >= 11 is 0. The summed E-state index contributed by atoms with van der Waals surface area (Å²) in [5.41, 5.74) is 3.16. The lowest BCUT2D eigenvalue weighted by atomic mass is 10.0. The molecule has 6 heteroatoms. The van der Waals surface area contributed by atoms with E-state index >= 15 is 0 Å². The van der Waals surface area contributed by atoms with Crippen molar-refractivity contribution in [3.05, 3.63) is 47.5 Å². The van der Waals surface area contributed by atoms with E-state index in [4.69, 9.17) is 5.10 Å². The van der Waals surface area contributed by atoms with Crippen LogP contribution in [-0.4, -0.2) is 53.9 Å². The molecule has 0 spiro atoms. The van der Waals surface area contributed by atoms with E-state index in [1.165, 1.54) is 5.69 Å². The summed E-state index contributed by atoms with van der Waals surface area (Å²) in [6.07, 6.45) is 1.05. The van der Waals surface area contributed by atoms with Crippen LogP contribution in [0.15, 0.2) is 30.3 Å². The van der Waals surface area contributed by atoms with E-state index in [1.807, 2.05) is 12.1 Å². The smallest absolute Gasteiger partial charge is 0.146 e. The highest BCUT2D eigenvalue weighted by molar-refractivity contribution is 5.47. The second kappa shape index (κ2) is 9.92. The first-order valence-corrected chi connectivity index (χ1v) is 11.2. The van der Waals surface area contributed by atoms with Gasteiger partial charge in [-0.2, -0.15) is 5.10 Å². The molecule has 30 heavy (non-hydrogen) atoms. The van der Waals surface area contributed by atoms with Crippen molar-refractivity contribution < 1.29 is 4.39 Å². The van der Waals surface area contributed by atoms with Crippen molar-refractivity contribution in [2.75, 3.05) is 44.2 Å². The van der Waals surface area contributed by atoms with Gasteiger partial charge in [0, 0.05) is 51.5 Å². The Hall–Kier alpha value is -1.92. The minimum absolute atomic E-state index is 0.000373. The summed E-state index contributed by atoms with van der Waals surface area (Å²) in [5.74, 6) is 0.491. The number of piperazine rings is 1. The summed E-state index contributed by atoms with van der Waals surface area (Å²) < 4.78 is 16.2. The molecule has 1 aromatic heterocycles. The topological polar surface area (TPSA) is 36.3 Å². The minimum atomic E-state index is -0.126. The van der Waals surface area contributed by atoms with E-state index in [2.05, 4.69) is 60.5 Å². The molecule has 0 saturated carbocycles. The third-order valence-corrected chi connectivity index (χ3v) is 5.56. The van der Waals surface area contributed by atoms with E-state index in [0.717, 1.165) is 63.6 Å². The zero-order valence-electron chi connectivity index (χ0n) is 19.3. The molecule has 1 saturated heterocycles. The van der Waals surface area contributed by atoms with E-state index in [-0.39, 0.29) is 11.4 Å². The van der Waals surface area contributed by atoms with Crippen molar-refractivity contribution in [3.8, 4) is 0 Å². The van der Waals surface area contributed by atoms with Gasteiger partial charge in [-0.25, -0.2) is 4.39 Å². The van der Waals surface area contributed by atoms with Crippen molar-refractivity contribution in [1.82, 2.24) is 20.0 Å². The number of hydrogen-bond acceptors (Lipinski definition) is 4. The number of halogens is 1. The Morgan fingerprint density at radius 2 is 1.80 bits per heavy atom. The molecule has 1 fully saturated rings. The molecule has 5 nitrogen and oxygen atoms in total. The van der Waals surface area contributed by atoms with Gasteiger partial charge in [-0.1, -0.05) is 26.0 Å². The van der Waals surface area contributed by atoms with E-state index < -0.39 is 0 Å². The first-order valence-electron chi connectivity index (χ1n) is 11.2. The van der Waals surface area contributed by atoms with Gasteiger partial charge in [0.05, 0.1) is 16.9 Å². The Morgan fingerprint density at radius 3 is 2.43 bits per heavy atom. The molecular formula is C24H38FN5. The summed E-state index contributed by atoms with van der Waals surface area (Å²) in [5, 5.41) is 8.42. The molecule has 1 aliphatic heterocycles. The van der Waals surface area contributed by atoms with Crippen LogP contribution in [0, 0.1) is 11.7 Å². The van der Waals surface area contributed by atoms with Crippen molar-refractivity contribution >= 4 is 5.69 Å². The van der Waals surface area contributed by atoms with Crippen LogP contribution in [0.4, 0.5) is 10.1 Å². The minimum Gasteiger partial charge on any atom is -0.367 e. The van der Waals surface area contributed by atoms with E-state index in [1.54, 1.807) is 12.1 Å². The number of nitrogens with zero attached hydrogens (tertiary/aromatic N) is 4. The van der Waals surface area contributed by atoms with Crippen molar-refractivity contribution in [2.24, 2.45) is 5.92 Å². The summed E-state index contributed by atoms with van der Waals surface area (Å²) in [6.45, 7) is 17.5. The summed E-state index contributed by atoms with van der Waals surface area (Å²) in [4.78, 5) is 4.59. The van der Waals surface area contributed by atoms with Crippen LogP contribution < -0.4 is 10.2 Å². The number of aromatic nitrogens is 2. The molecule has 0 bridgehead atoms. The lowest BCUT2D eigenvalue weighted by molar-refractivity contribution is 0.256. The first-order chi connectivity index (χ1) is 14.2. The third-order valence-electron chi connectivity index (χ3n) is 5.56. The second-order valence-electron chi connectivity index (χ2n) is 9.76. The lowest BCUT2D eigenvalue weighted by Gasteiger charge is -2.36. The van der Waals surface area contributed by atoms with E-state index in [0.29, 0.717) is 5.92 Å². The maximum Gasteiger partial charge on any atom is 0.146 e. The van der Waals surface area contributed by atoms with Gasteiger partial charge in [-0.3, -0.25) is 9.58 Å². The second-order valence-corrected chi connectivity index (χ2v) is 9.76. The normalized spacial score (nSPS) is 15.9. The van der Waals surface area contributed by atoms with Crippen LogP contribution in [0.3, 0.4) is 0 Å². The van der Waals surface area contributed by atoms with Gasteiger partial charge in [-0.15, -0.1) is 0 Å². The van der Waals surface area contributed by atoms with Gasteiger partial charge in [0.25, 0.3) is 0 Å². The maximum atomic E-state index is 14.0. The molecule has 0 amide bonds. The zero-order valence-corrected chi connectivity index (χ0v) is 19.3. The Morgan fingerprint density at radius 1 is 1.10 bits per heavy atom. The monoisotopic (exact) mass is 415 g/mol. The Kier molecular flexibility index (Phi) is 7.53. The molecule has 0 radical (unpaired) electrons. The number of hydrogen-bond donors (Lipinski definition) is 1. The molecular weight excluding hydrogens is 377 g/mol. The zero-order chi connectivity index (χ0) is 21.7. The van der Waals surface area contributed by atoms with Crippen molar-refractivity contribution in [2.45, 2.75) is 53.1 Å². The summed E-state index contributed by atoms with van der Waals surface area (Å²) in [7, 11) is 0. The molecule has 3 rings (SSSR count). The SMILES string of the molecule is CC(C)Cc1cc(CNCCN2CCN(c3ccccc3F)CC2)nn1C(C)(C)C. The fourth-order valence-corrected chi connectivity index (χ4v) is 4.08. The Bertz CT molecular complexity index is 800. The van der Waals surface area contributed by atoms with Crippen LogP contribution >= 0.6 is 0 Å².